The molecule has 0 aliphatic carbocycles. The summed E-state index contributed by atoms with van der Waals surface area (Å²) in [7, 11) is 1.53. The van der Waals surface area contributed by atoms with E-state index in [1.54, 1.807) is 30.5 Å². The summed E-state index contributed by atoms with van der Waals surface area (Å²) in [6, 6.07) is 6.91. The number of carbonyl (C=O) groups is 1. The van der Waals surface area contributed by atoms with E-state index in [0.29, 0.717) is 41.9 Å². The zero-order chi connectivity index (χ0) is 20.2. The van der Waals surface area contributed by atoms with Crippen molar-refractivity contribution in [3.63, 3.8) is 0 Å². The lowest BCUT2D eigenvalue weighted by molar-refractivity contribution is 0.0794. The Labute approximate surface area is 168 Å². The minimum Gasteiger partial charge on any atom is -0.490 e. The van der Waals surface area contributed by atoms with Crippen LogP contribution >= 0.6 is 0 Å². The van der Waals surface area contributed by atoms with E-state index in [1.165, 1.54) is 7.11 Å². The molecule has 4 rings (SSSR count). The van der Waals surface area contributed by atoms with Gasteiger partial charge in [0.05, 0.1) is 31.6 Å². The Hall–Kier alpha value is -3.13. The van der Waals surface area contributed by atoms with Crippen molar-refractivity contribution in [2.45, 2.75) is 25.7 Å². The first-order valence-electron chi connectivity index (χ1n) is 9.73. The number of ether oxygens (including phenoxy) is 3. The number of hydrogen-bond donors (Lipinski definition) is 1. The number of pyridine rings is 2. The molecule has 0 spiro atoms. The van der Waals surface area contributed by atoms with Crippen molar-refractivity contribution in [2.75, 3.05) is 32.2 Å². The molecule has 1 aliphatic heterocycles. The van der Waals surface area contributed by atoms with Crippen LogP contribution in [0.15, 0.2) is 36.7 Å². The lowest BCUT2D eigenvalue weighted by atomic mass is 9.99. The van der Waals surface area contributed by atoms with Crippen LogP contribution in [-0.4, -0.2) is 47.2 Å². The van der Waals surface area contributed by atoms with E-state index in [1.807, 2.05) is 17.5 Å². The SMILES string of the molecule is CCOc1cc(C(=O)Nc2cccc(OC)n2)cn2cc(C3CCCOC3)nc12. The summed E-state index contributed by atoms with van der Waals surface area (Å²) in [5.41, 5.74) is 2.11. The molecular formula is C21H24N4O4. The zero-order valence-corrected chi connectivity index (χ0v) is 16.6. The molecule has 4 heterocycles. The average molecular weight is 396 g/mol. The maximum Gasteiger partial charge on any atom is 0.258 e. The number of amides is 1. The molecule has 1 aliphatic rings. The molecule has 29 heavy (non-hydrogen) atoms. The first-order valence-corrected chi connectivity index (χ1v) is 9.73. The summed E-state index contributed by atoms with van der Waals surface area (Å²) < 4.78 is 18.3. The summed E-state index contributed by atoms with van der Waals surface area (Å²) in [6.07, 6.45) is 5.78. The third-order valence-electron chi connectivity index (χ3n) is 4.85. The number of imidazole rings is 1. The van der Waals surface area contributed by atoms with Gasteiger partial charge < -0.3 is 23.9 Å². The molecule has 1 amide bonds. The summed E-state index contributed by atoms with van der Waals surface area (Å²) in [6.45, 7) is 3.86. The highest BCUT2D eigenvalue weighted by molar-refractivity contribution is 6.04. The number of aromatic nitrogens is 3. The van der Waals surface area contributed by atoms with Crippen LogP contribution in [0.25, 0.3) is 5.65 Å². The molecule has 8 nitrogen and oxygen atoms in total. The van der Waals surface area contributed by atoms with Crippen LogP contribution < -0.4 is 14.8 Å². The average Bonchev–Trinajstić information content (AvgIpc) is 3.19. The molecule has 1 fully saturated rings. The Kier molecular flexibility index (Phi) is 5.62. The predicted molar refractivity (Wildman–Crippen MR) is 108 cm³/mol. The van der Waals surface area contributed by atoms with Crippen LogP contribution in [0.1, 0.15) is 41.7 Å². The van der Waals surface area contributed by atoms with Gasteiger partial charge in [-0.25, -0.2) is 4.98 Å². The van der Waals surface area contributed by atoms with Crippen LogP contribution in [0.3, 0.4) is 0 Å². The van der Waals surface area contributed by atoms with Crippen LogP contribution in [0.4, 0.5) is 5.82 Å². The largest absolute Gasteiger partial charge is 0.490 e. The summed E-state index contributed by atoms with van der Waals surface area (Å²) >= 11 is 0. The third-order valence-corrected chi connectivity index (χ3v) is 4.85. The molecule has 3 aromatic rings. The van der Waals surface area contributed by atoms with Crippen molar-refractivity contribution in [1.29, 1.82) is 0 Å². The van der Waals surface area contributed by atoms with Crippen molar-refractivity contribution in [1.82, 2.24) is 14.4 Å². The van der Waals surface area contributed by atoms with Crippen LogP contribution in [0.5, 0.6) is 11.6 Å². The van der Waals surface area contributed by atoms with E-state index in [-0.39, 0.29) is 11.8 Å². The number of anilines is 1. The number of rotatable bonds is 6. The lowest BCUT2D eigenvalue weighted by Gasteiger charge is -2.19. The lowest BCUT2D eigenvalue weighted by Crippen LogP contribution is -2.15. The van der Waals surface area contributed by atoms with Gasteiger partial charge in [0.25, 0.3) is 5.91 Å². The summed E-state index contributed by atoms with van der Waals surface area (Å²) in [4.78, 5) is 21.8. The maximum absolute atomic E-state index is 12.8. The van der Waals surface area contributed by atoms with Crippen molar-refractivity contribution in [3.05, 3.63) is 47.9 Å². The van der Waals surface area contributed by atoms with Crippen molar-refractivity contribution < 1.29 is 19.0 Å². The number of methoxy groups -OCH3 is 1. The van der Waals surface area contributed by atoms with E-state index in [0.717, 1.165) is 25.1 Å². The molecule has 1 unspecified atom stereocenters. The molecule has 0 aromatic carbocycles. The highest BCUT2D eigenvalue weighted by Gasteiger charge is 2.21. The second-order valence-electron chi connectivity index (χ2n) is 6.86. The summed E-state index contributed by atoms with van der Waals surface area (Å²) in [5.74, 6) is 1.39. The Balaban J connectivity index is 1.65. The van der Waals surface area contributed by atoms with Gasteiger partial charge >= 0.3 is 0 Å². The van der Waals surface area contributed by atoms with Gasteiger partial charge in [0.2, 0.25) is 5.88 Å². The van der Waals surface area contributed by atoms with E-state index in [9.17, 15) is 4.79 Å². The van der Waals surface area contributed by atoms with Gasteiger partial charge in [0.15, 0.2) is 11.4 Å². The number of hydrogen-bond acceptors (Lipinski definition) is 6. The van der Waals surface area contributed by atoms with E-state index in [4.69, 9.17) is 19.2 Å². The molecule has 1 saturated heterocycles. The molecule has 1 atom stereocenters. The van der Waals surface area contributed by atoms with Gasteiger partial charge in [-0.1, -0.05) is 6.07 Å². The standard InChI is InChI=1S/C21H24N4O4/c1-3-29-17-10-15(21(26)24-18-7-4-8-19(23-18)27-2)11-25-12-16(22-20(17)25)14-6-5-9-28-13-14/h4,7-8,10-12,14H,3,5-6,9,13H2,1-2H3,(H,23,24,26). The number of nitrogens with one attached hydrogen (secondary N) is 1. The fourth-order valence-corrected chi connectivity index (χ4v) is 3.43. The van der Waals surface area contributed by atoms with Gasteiger partial charge in [-0.3, -0.25) is 4.79 Å². The monoisotopic (exact) mass is 396 g/mol. The molecule has 0 bridgehead atoms. The van der Waals surface area contributed by atoms with Gasteiger partial charge in [0, 0.05) is 31.0 Å². The Morgan fingerprint density at radius 3 is 3.00 bits per heavy atom. The maximum atomic E-state index is 12.8. The van der Waals surface area contributed by atoms with Gasteiger partial charge in [-0.2, -0.15) is 4.98 Å². The van der Waals surface area contributed by atoms with Crippen molar-refractivity contribution in [2.24, 2.45) is 0 Å². The molecule has 1 N–H and O–H groups in total. The molecule has 152 valence electrons. The van der Waals surface area contributed by atoms with Gasteiger partial charge in [-0.15, -0.1) is 0 Å². The highest BCUT2D eigenvalue weighted by atomic mass is 16.5. The summed E-state index contributed by atoms with van der Waals surface area (Å²) in [5, 5.41) is 2.80. The second-order valence-corrected chi connectivity index (χ2v) is 6.86. The van der Waals surface area contributed by atoms with Gasteiger partial charge in [0.1, 0.15) is 5.82 Å². The second kappa shape index (κ2) is 8.48. The Morgan fingerprint density at radius 2 is 2.24 bits per heavy atom. The molecule has 0 radical (unpaired) electrons. The number of nitrogens with zero attached hydrogens (tertiary/aromatic N) is 3. The van der Waals surface area contributed by atoms with Crippen LogP contribution in [-0.2, 0) is 4.74 Å². The molecular weight excluding hydrogens is 372 g/mol. The zero-order valence-electron chi connectivity index (χ0n) is 16.6. The normalized spacial score (nSPS) is 16.6. The van der Waals surface area contributed by atoms with Crippen LogP contribution in [0, 0.1) is 0 Å². The smallest absolute Gasteiger partial charge is 0.258 e. The Bertz CT molecular complexity index is 1010. The Morgan fingerprint density at radius 1 is 1.34 bits per heavy atom. The third kappa shape index (κ3) is 4.17. The van der Waals surface area contributed by atoms with E-state index < -0.39 is 0 Å². The van der Waals surface area contributed by atoms with Gasteiger partial charge in [-0.05, 0) is 31.9 Å². The fourth-order valence-electron chi connectivity index (χ4n) is 3.43. The topological polar surface area (TPSA) is 87.0 Å². The minimum atomic E-state index is -0.287. The molecule has 0 saturated carbocycles. The first kappa shape index (κ1) is 19.2. The number of carbonyl (C=O) groups excluding carboxylic acids is 1. The predicted octanol–water partition coefficient (Wildman–Crippen LogP) is 3.28. The van der Waals surface area contributed by atoms with Crippen LogP contribution in [0.2, 0.25) is 0 Å². The fraction of sp³-hybridized carbons (Fsp3) is 0.381. The van der Waals surface area contributed by atoms with Crippen molar-refractivity contribution in [3.8, 4) is 11.6 Å². The molecule has 8 heteroatoms. The quantitative estimate of drug-likeness (QED) is 0.688. The van der Waals surface area contributed by atoms with E-state index >= 15 is 0 Å². The highest BCUT2D eigenvalue weighted by Crippen LogP contribution is 2.28. The van der Waals surface area contributed by atoms with E-state index in [2.05, 4.69) is 10.3 Å². The minimum absolute atomic E-state index is 0.261. The number of fused-ring (bicyclic) bond motifs is 1. The first-order chi connectivity index (χ1) is 14.2. The molecule has 3 aromatic heterocycles. The van der Waals surface area contributed by atoms with Crippen molar-refractivity contribution >= 4 is 17.4 Å².